The molecule has 0 atom stereocenters. The molecule has 0 heterocycles. The van der Waals surface area contributed by atoms with Gasteiger partial charge in [0.15, 0.2) is 11.6 Å². The van der Waals surface area contributed by atoms with Crippen molar-refractivity contribution in [2.45, 2.75) is 0 Å². The Morgan fingerprint density at radius 3 is 2.28 bits per heavy atom. The van der Waals surface area contributed by atoms with Crippen molar-refractivity contribution in [3.8, 4) is 16.9 Å². The summed E-state index contributed by atoms with van der Waals surface area (Å²) in [5.41, 5.74) is 1.33. The van der Waals surface area contributed by atoms with Gasteiger partial charge in [-0.3, -0.25) is 0 Å². The number of halogens is 4. The number of hydrogen-bond acceptors (Lipinski definition) is 1. The molecule has 0 saturated carbocycles. The van der Waals surface area contributed by atoms with Gasteiger partial charge in [-0.2, -0.15) is 0 Å². The molecule has 0 aliphatic carbocycles. The molecule has 0 aromatic heterocycles. The van der Waals surface area contributed by atoms with E-state index >= 15 is 0 Å². The maximum absolute atomic E-state index is 13.5. The van der Waals surface area contributed by atoms with Crippen LogP contribution in [0, 0.1) is 5.82 Å². The van der Waals surface area contributed by atoms with Crippen LogP contribution in [0.15, 0.2) is 34.8 Å². The Hall–Kier alpha value is -0.770. The topological polar surface area (TPSA) is 9.23 Å². The summed E-state index contributed by atoms with van der Waals surface area (Å²) in [6, 6.07) is 8.13. The highest BCUT2D eigenvalue weighted by Crippen LogP contribution is 2.42. The fraction of sp³-hybridized carbons (Fsp3) is 0.0769. The van der Waals surface area contributed by atoms with Gasteiger partial charge < -0.3 is 4.74 Å². The molecule has 0 spiro atoms. The Morgan fingerprint density at radius 1 is 1.11 bits per heavy atom. The summed E-state index contributed by atoms with van der Waals surface area (Å²) >= 11 is 15.6. The first-order chi connectivity index (χ1) is 8.56. The highest BCUT2D eigenvalue weighted by atomic mass is 79.9. The Bertz CT molecular complexity index is 582. The lowest BCUT2D eigenvalue weighted by Crippen LogP contribution is -1.92. The molecule has 0 unspecified atom stereocenters. The first kappa shape index (κ1) is 13.7. The zero-order chi connectivity index (χ0) is 13.3. The van der Waals surface area contributed by atoms with Crippen LogP contribution in [0.2, 0.25) is 10.0 Å². The third kappa shape index (κ3) is 2.35. The molecule has 5 heteroatoms. The van der Waals surface area contributed by atoms with Gasteiger partial charge in [0.2, 0.25) is 0 Å². The monoisotopic (exact) mass is 348 g/mol. The van der Waals surface area contributed by atoms with Crippen molar-refractivity contribution in [3.05, 3.63) is 50.7 Å². The highest BCUT2D eigenvalue weighted by Gasteiger charge is 2.17. The summed E-state index contributed by atoms with van der Waals surface area (Å²) < 4.78 is 19.0. The zero-order valence-corrected chi connectivity index (χ0v) is 12.4. The Morgan fingerprint density at radius 2 is 1.72 bits per heavy atom. The fourth-order valence-corrected chi connectivity index (χ4v) is 2.95. The molecule has 18 heavy (non-hydrogen) atoms. The number of rotatable bonds is 2. The van der Waals surface area contributed by atoms with Gasteiger partial charge in [-0.05, 0) is 40.2 Å². The fourth-order valence-electron chi connectivity index (χ4n) is 1.67. The van der Waals surface area contributed by atoms with Gasteiger partial charge in [-0.1, -0.05) is 29.3 Å². The SMILES string of the molecule is COc1c(F)ccc(-c2c(Cl)cccc2Cl)c1Br. The minimum atomic E-state index is -0.448. The van der Waals surface area contributed by atoms with Crippen molar-refractivity contribution >= 4 is 39.1 Å². The lowest BCUT2D eigenvalue weighted by molar-refractivity contribution is 0.384. The van der Waals surface area contributed by atoms with E-state index in [0.717, 1.165) is 0 Å². The van der Waals surface area contributed by atoms with Gasteiger partial charge in [-0.25, -0.2) is 4.39 Å². The van der Waals surface area contributed by atoms with Gasteiger partial charge in [0.05, 0.1) is 11.6 Å². The van der Waals surface area contributed by atoms with Crippen LogP contribution in [0.3, 0.4) is 0 Å². The summed E-state index contributed by atoms with van der Waals surface area (Å²) in [6.07, 6.45) is 0. The van der Waals surface area contributed by atoms with Gasteiger partial charge in [0.1, 0.15) is 0 Å². The number of hydrogen-bond donors (Lipinski definition) is 0. The van der Waals surface area contributed by atoms with Crippen LogP contribution in [0.25, 0.3) is 11.1 Å². The third-order valence-corrected chi connectivity index (χ3v) is 3.90. The average molecular weight is 350 g/mol. The average Bonchev–Trinajstić information content (AvgIpc) is 2.32. The molecule has 0 saturated heterocycles. The molecule has 0 fully saturated rings. The normalized spacial score (nSPS) is 10.5. The maximum Gasteiger partial charge on any atom is 0.169 e. The lowest BCUT2D eigenvalue weighted by Gasteiger charge is -2.12. The highest BCUT2D eigenvalue weighted by molar-refractivity contribution is 9.10. The lowest BCUT2D eigenvalue weighted by atomic mass is 10.1. The second kappa shape index (κ2) is 5.47. The van der Waals surface area contributed by atoms with Crippen molar-refractivity contribution in [2.24, 2.45) is 0 Å². The number of methoxy groups -OCH3 is 1. The van der Waals surface area contributed by atoms with E-state index in [0.29, 0.717) is 25.6 Å². The molecule has 1 nitrogen and oxygen atoms in total. The summed E-state index contributed by atoms with van der Waals surface area (Å²) in [5, 5.41) is 0.994. The summed E-state index contributed by atoms with van der Waals surface area (Å²) in [5.74, 6) is -0.320. The molecule has 0 amide bonds. The number of ether oxygens (including phenoxy) is 1. The van der Waals surface area contributed by atoms with E-state index in [1.165, 1.54) is 13.2 Å². The first-order valence-electron chi connectivity index (χ1n) is 5.02. The molecule has 2 aromatic rings. The predicted molar refractivity (Wildman–Crippen MR) is 76.1 cm³/mol. The van der Waals surface area contributed by atoms with E-state index in [1.807, 2.05) is 0 Å². The van der Waals surface area contributed by atoms with Gasteiger partial charge in [0.25, 0.3) is 0 Å². The quantitative estimate of drug-likeness (QED) is 0.688. The van der Waals surface area contributed by atoms with Crippen LogP contribution < -0.4 is 4.74 Å². The molecule has 0 aliphatic rings. The minimum absolute atomic E-state index is 0.128. The minimum Gasteiger partial charge on any atom is -0.492 e. The Labute approximate surface area is 123 Å². The second-order valence-corrected chi connectivity index (χ2v) is 5.15. The molecule has 0 radical (unpaired) electrons. The predicted octanol–water partition coefficient (Wildman–Crippen LogP) is 5.57. The van der Waals surface area contributed by atoms with Crippen molar-refractivity contribution in [1.82, 2.24) is 0 Å². The van der Waals surface area contributed by atoms with Crippen LogP contribution in [0.1, 0.15) is 0 Å². The van der Waals surface area contributed by atoms with Gasteiger partial charge in [0, 0.05) is 21.2 Å². The van der Waals surface area contributed by atoms with Gasteiger partial charge >= 0.3 is 0 Å². The third-order valence-electron chi connectivity index (χ3n) is 2.49. The van der Waals surface area contributed by atoms with E-state index in [2.05, 4.69) is 15.9 Å². The molecular weight excluding hydrogens is 342 g/mol. The Balaban J connectivity index is 2.73. The molecular formula is C13H8BrCl2FO. The van der Waals surface area contributed by atoms with E-state index in [1.54, 1.807) is 24.3 Å². The molecule has 2 rings (SSSR count). The van der Waals surface area contributed by atoms with E-state index in [9.17, 15) is 4.39 Å². The summed E-state index contributed by atoms with van der Waals surface area (Å²) in [7, 11) is 1.40. The van der Waals surface area contributed by atoms with Crippen LogP contribution in [0.5, 0.6) is 5.75 Å². The summed E-state index contributed by atoms with van der Waals surface area (Å²) in [4.78, 5) is 0. The zero-order valence-electron chi connectivity index (χ0n) is 9.31. The molecule has 0 aliphatic heterocycles. The first-order valence-corrected chi connectivity index (χ1v) is 6.57. The Kier molecular flexibility index (Phi) is 4.15. The standard InChI is InChI=1S/C13H8BrCl2FO/c1-18-13-10(17)6-5-7(12(13)14)11-8(15)3-2-4-9(11)16/h2-6H,1H3. The molecule has 94 valence electrons. The van der Waals surface area contributed by atoms with E-state index in [4.69, 9.17) is 27.9 Å². The van der Waals surface area contributed by atoms with E-state index < -0.39 is 5.82 Å². The number of benzene rings is 2. The largest absolute Gasteiger partial charge is 0.492 e. The van der Waals surface area contributed by atoms with Crippen LogP contribution in [-0.2, 0) is 0 Å². The molecule has 2 aromatic carbocycles. The van der Waals surface area contributed by atoms with Crippen LogP contribution in [-0.4, -0.2) is 7.11 Å². The van der Waals surface area contributed by atoms with Crippen LogP contribution >= 0.6 is 39.1 Å². The molecule has 0 bridgehead atoms. The summed E-state index contributed by atoms with van der Waals surface area (Å²) in [6.45, 7) is 0. The smallest absolute Gasteiger partial charge is 0.169 e. The van der Waals surface area contributed by atoms with Crippen molar-refractivity contribution in [1.29, 1.82) is 0 Å². The van der Waals surface area contributed by atoms with E-state index in [-0.39, 0.29) is 5.75 Å². The van der Waals surface area contributed by atoms with Crippen molar-refractivity contribution in [2.75, 3.05) is 7.11 Å². The second-order valence-electron chi connectivity index (χ2n) is 3.54. The van der Waals surface area contributed by atoms with Crippen LogP contribution in [0.4, 0.5) is 4.39 Å². The molecule has 0 N–H and O–H groups in total. The maximum atomic E-state index is 13.5. The van der Waals surface area contributed by atoms with Gasteiger partial charge in [-0.15, -0.1) is 0 Å². The van der Waals surface area contributed by atoms with Crippen molar-refractivity contribution in [3.63, 3.8) is 0 Å². The van der Waals surface area contributed by atoms with Crippen molar-refractivity contribution < 1.29 is 9.13 Å².